The van der Waals surface area contributed by atoms with Gasteiger partial charge in [-0.1, -0.05) is 0 Å². The number of nitriles is 1. The molecule has 0 unspecified atom stereocenters. The lowest BCUT2D eigenvalue weighted by atomic mass is 10.3. The summed E-state index contributed by atoms with van der Waals surface area (Å²) in [4.78, 5) is 0. The van der Waals surface area contributed by atoms with Crippen LogP contribution < -0.4 is 0 Å². The van der Waals surface area contributed by atoms with Gasteiger partial charge in [0.1, 0.15) is 18.0 Å². The van der Waals surface area contributed by atoms with Crippen LogP contribution >= 0.6 is 0 Å². The first-order chi connectivity index (χ1) is 4.25. The predicted octanol–water partition coefficient (Wildman–Crippen LogP) is 0.400. The van der Waals surface area contributed by atoms with Crippen LogP contribution in [0.2, 0.25) is 0 Å². The van der Waals surface area contributed by atoms with E-state index in [9.17, 15) is 0 Å². The average Bonchev–Trinajstić information content (AvgIpc) is 2.12. The van der Waals surface area contributed by atoms with Crippen LogP contribution in [0, 0.1) is 24.5 Å². The van der Waals surface area contributed by atoms with Gasteiger partial charge in [0, 0.05) is 12.6 Å². The van der Waals surface area contributed by atoms with E-state index in [1.807, 2.05) is 13.0 Å². The smallest absolute Gasteiger partial charge is 0.141 e. The normalized spacial score (nSPS) is 9.00. The fourth-order valence-corrected chi connectivity index (χ4v) is 0.652. The molecule has 3 nitrogen and oxygen atoms in total. The Balaban J connectivity index is 3.27. The van der Waals surface area contributed by atoms with Gasteiger partial charge in [-0.25, -0.2) is 0 Å². The van der Waals surface area contributed by atoms with Crippen LogP contribution in [0.3, 0.4) is 0 Å². The van der Waals surface area contributed by atoms with Gasteiger partial charge in [0.05, 0.1) is 0 Å². The molecule has 9 heavy (non-hydrogen) atoms. The lowest BCUT2D eigenvalue weighted by Crippen LogP contribution is -1.93. The third kappa shape index (κ3) is 0.789. The van der Waals surface area contributed by atoms with Crippen molar-refractivity contribution in [2.45, 2.75) is 6.92 Å². The zero-order valence-corrected chi connectivity index (χ0v) is 5.34. The lowest BCUT2D eigenvalue weighted by Gasteiger charge is -1.87. The Bertz CT molecular complexity index is 234. The third-order valence-electron chi connectivity index (χ3n) is 1.15. The van der Waals surface area contributed by atoms with Gasteiger partial charge in [-0.15, -0.1) is 0 Å². The molecule has 0 amide bonds. The highest BCUT2D eigenvalue weighted by molar-refractivity contribution is 5.27. The van der Waals surface area contributed by atoms with Crippen molar-refractivity contribution in [3.05, 3.63) is 17.5 Å². The van der Waals surface area contributed by atoms with E-state index in [-0.39, 0.29) is 0 Å². The minimum absolute atomic E-state index is 0.579. The lowest BCUT2D eigenvalue weighted by molar-refractivity contribution is 0.753. The Morgan fingerprint density at radius 1 is 1.78 bits per heavy atom. The molecule has 1 aromatic rings. The fourth-order valence-electron chi connectivity index (χ4n) is 0.652. The SMILES string of the molecule is Cc1[c]nn(C)c1C#N. The van der Waals surface area contributed by atoms with E-state index in [1.54, 1.807) is 7.05 Å². The topological polar surface area (TPSA) is 41.6 Å². The molecule has 0 aliphatic carbocycles. The average molecular weight is 120 g/mol. The molecular weight excluding hydrogens is 114 g/mol. The zero-order valence-electron chi connectivity index (χ0n) is 5.34. The largest absolute Gasteiger partial charge is 0.257 e. The van der Waals surface area contributed by atoms with Crippen molar-refractivity contribution in [2.24, 2.45) is 7.05 Å². The van der Waals surface area contributed by atoms with Gasteiger partial charge in [-0.05, 0) is 6.92 Å². The van der Waals surface area contributed by atoms with Crippen molar-refractivity contribution in [2.75, 3.05) is 0 Å². The summed E-state index contributed by atoms with van der Waals surface area (Å²) < 4.78 is 1.51. The first kappa shape index (κ1) is 5.83. The monoisotopic (exact) mass is 120 g/mol. The summed E-state index contributed by atoms with van der Waals surface area (Å²) in [5, 5.41) is 12.2. The maximum Gasteiger partial charge on any atom is 0.141 e. The highest BCUT2D eigenvalue weighted by atomic mass is 15.3. The van der Waals surface area contributed by atoms with Crippen molar-refractivity contribution in [1.82, 2.24) is 9.78 Å². The molecule has 1 aromatic heterocycles. The second-order valence-corrected chi connectivity index (χ2v) is 1.82. The minimum Gasteiger partial charge on any atom is -0.257 e. The highest BCUT2D eigenvalue weighted by Gasteiger charge is 2.00. The predicted molar refractivity (Wildman–Crippen MR) is 31.5 cm³/mol. The van der Waals surface area contributed by atoms with Gasteiger partial charge in [-0.3, -0.25) is 4.68 Å². The molecule has 3 heteroatoms. The standard InChI is InChI=1S/C6H6N3/c1-5-4-8-9(2)6(5)3-7/h1-2H3. The Kier molecular flexibility index (Phi) is 1.23. The molecule has 1 rings (SSSR count). The number of aromatic nitrogens is 2. The molecule has 0 N–H and O–H groups in total. The molecule has 1 heterocycles. The van der Waals surface area contributed by atoms with Gasteiger partial charge in [0.25, 0.3) is 0 Å². The van der Waals surface area contributed by atoms with Crippen LogP contribution in [-0.4, -0.2) is 9.78 Å². The minimum atomic E-state index is 0.579. The second kappa shape index (κ2) is 1.90. The van der Waals surface area contributed by atoms with E-state index in [2.05, 4.69) is 11.3 Å². The Morgan fingerprint density at radius 2 is 2.44 bits per heavy atom. The van der Waals surface area contributed by atoms with E-state index < -0.39 is 0 Å². The molecule has 0 aliphatic rings. The van der Waals surface area contributed by atoms with Crippen LogP contribution in [-0.2, 0) is 7.05 Å². The molecule has 0 spiro atoms. The van der Waals surface area contributed by atoms with Crippen LogP contribution in [0.25, 0.3) is 0 Å². The molecule has 0 bridgehead atoms. The van der Waals surface area contributed by atoms with Gasteiger partial charge in [-0.2, -0.15) is 10.4 Å². The van der Waals surface area contributed by atoms with Crippen molar-refractivity contribution < 1.29 is 0 Å². The van der Waals surface area contributed by atoms with Crippen LogP contribution in [0.1, 0.15) is 11.3 Å². The van der Waals surface area contributed by atoms with Crippen LogP contribution in [0.4, 0.5) is 0 Å². The molecule has 0 fully saturated rings. The molecule has 0 atom stereocenters. The maximum absolute atomic E-state index is 8.46. The van der Waals surface area contributed by atoms with Gasteiger partial charge >= 0.3 is 0 Å². The molecule has 0 saturated carbocycles. The van der Waals surface area contributed by atoms with Gasteiger partial charge in [0.15, 0.2) is 0 Å². The van der Waals surface area contributed by atoms with Gasteiger partial charge < -0.3 is 0 Å². The van der Waals surface area contributed by atoms with Crippen molar-refractivity contribution in [3.8, 4) is 6.07 Å². The zero-order chi connectivity index (χ0) is 6.85. The number of aryl methyl sites for hydroxylation is 2. The van der Waals surface area contributed by atoms with E-state index in [1.165, 1.54) is 4.68 Å². The van der Waals surface area contributed by atoms with Crippen LogP contribution in [0.15, 0.2) is 0 Å². The Labute approximate surface area is 53.5 Å². The quantitative estimate of drug-likeness (QED) is 0.497. The van der Waals surface area contributed by atoms with E-state index in [0.29, 0.717) is 5.69 Å². The summed E-state index contributed by atoms with van der Waals surface area (Å²) in [5.74, 6) is 0. The number of rotatable bonds is 0. The summed E-state index contributed by atoms with van der Waals surface area (Å²) in [6, 6.07) is 2.01. The third-order valence-corrected chi connectivity index (χ3v) is 1.15. The number of nitrogens with zero attached hydrogens (tertiary/aromatic N) is 3. The van der Waals surface area contributed by atoms with Crippen molar-refractivity contribution in [3.63, 3.8) is 0 Å². The summed E-state index contributed by atoms with van der Waals surface area (Å²) in [5.41, 5.74) is 1.38. The number of hydrogen-bond acceptors (Lipinski definition) is 2. The first-order valence-electron chi connectivity index (χ1n) is 2.57. The molecule has 0 saturated heterocycles. The maximum atomic E-state index is 8.46. The molecule has 45 valence electrons. The van der Waals surface area contributed by atoms with Gasteiger partial charge in [0.2, 0.25) is 0 Å². The summed E-state index contributed by atoms with van der Waals surface area (Å²) >= 11 is 0. The Hall–Kier alpha value is -1.30. The Morgan fingerprint density at radius 3 is 2.67 bits per heavy atom. The molecular formula is C6H6N3. The summed E-state index contributed by atoms with van der Waals surface area (Å²) in [6.45, 7) is 1.81. The molecule has 0 aliphatic heterocycles. The molecule has 1 radical (unpaired) electrons. The second-order valence-electron chi connectivity index (χ2n) is 1.82. The van der Waals surface area contributed by atoms with Crippen LogP contribution in [0.5, 0.6) is 0 Å². The van der Waals surface area contributed by atoms with Crippen molar-refractivity contribution >= 4 is 0 Å². The highest BCUT2D eigenvalue weighted by Crippen LogP contribution is 2.00. The summed E-state index contributed by atoms with van der Waals surface area (Å²) in [7, 11) is 1.72. The molecule has 0 aromatic carbocycles. The van der Waals surface area contributed by atoms with E-state index in [0.717, 1.165) is 5.56 Å². The summed E-state index contributed by atoms with van der Waals surface area (Å²) in [6.07, 6.45) is 2.68. The van der Waals surface area contributed by atoms with E-state index >= 15 is 0 Å². The van der Waals surface area contributed by atoms with E-state index in [4.69, 9.17) is 5.26 Å². The number of hydrogen-bond donors (Lipinski definition) is 0. The first-order valence-corrected chi connectivity index (χ1v) is 2.57. The fraction of sp³-hybridized carbons (Fsp3) is 0.333. The van der Waals surface area contributed by atoms with Crippen molar-refractivity contribution in [1.29, 1.82) is 5.26 Å².